The van der Waals surface area contributed by atoms with E-state index >= 15 is 0 Å². The molecule has 2 aliphatic heterocycles. The number of benzene rings is 1. The Morgan fingerprint density at radius 3 is 2.63 bits per heavy atom. The molecule has 7 nitrogen and oxygen atoms in total. The first-order chi connectivity index (χ1) is 13.1. The van der Waals surface area contributed by atoms with Crippen LogP contribution in [0.4, 0.5) is 0 Å². The number of hydrogen-bond acceptors (Lipinski definition) is 5. The molecular weight excluding hydrogens is 346 g/mol. The van der Waals surface area contributed by atoms with Gasteiger partial charge in [0, 0.05) is 26.1 Å². The summed E-state index contributed by atoms with van der Waals surface area (Å²) in [5, 5.41) is 0.505. The molecule has 3 heterocycles. The molecule has 7 heteroatoms. The molecule has 0 N–H and O–H groups in total. The Balaban J connectivity index is 1.54. The quantitative estimate of drug-likeness (QED) is 0.772. The zero-order valence-electron chi connectivity index (χ0n) is 15.3. The summed E-state index contributed by atoms with van der Waals surface area (Å²) in [6, 6.07) is 4.78. The molecule has 0 bridgehead atoms. The number of nitrogens with zero attached hydrogens (tertiary/aromatic N) is 3. The van der Waals surface area contributed by atoms with Crippen molar-refractivity contribution >= 4 is 22.8 Å². The minimum absolute atomic E-state index is 0.0546. The third-order valence-corrected chi connectivity index (χ3v) is 5.34. The fraction of sp³-hybridized carbons (Fsp3) is 0.500. The lowest BCUT2D eigenvalue weighted by molar-refractivity contribution is -0.133. The molecule has 1 amide bonds. The van der Waals surface area contributed by atoms with Gasteiger partial charge in [-0.25, -0.2) is 9.78 Å². The van der Waals surface area contributed by atoms with E-state index in [0.717, 1.165) is 57.4 Å². The minimum Gasteiger partial charge on any atom is -0.452 e. The lowest BCUT2D eigenvalue weighted by atomic mass is 10.1. The van der Waals surface area contributed by atoms with Crippen molar-refractivity contribution < 1.29 is 14.3 Å². The van der Waals surface area contributed by atoms with Gasteiger partial charge in [-0.2, -0.15) is 0 Å². The van der Waals surface area contributed by atoms with Crippen LogP contribution >= 0.6 is 0 Å². The van der Waals surface area contributed by atoms with Gasteiger partial charge in [-0.15, -0.1) is 0 Å². The monoisotopic (exact) mass is 369 g/mol. The Labute approximate surface area is 156 Å². The molecule has 2 aliphatic rings. The van der Waals surface area contributed by atoms with Gasteiger partial charge in [-0.3, -0.25) is 14.2 Å². The van der Waals surface area contributed by atoms with Crippen molar-refractivity contribution in [3.63, 3.8) is 0 Å². The van der Waals surface area contributed by atoms with Crippen LogP contribution in [0, 0.1) is 0 Å². The van der Waals surface area contributed by atoms with Crippen molar-refractivity contribution in [1.82, 2.24) is 14.5 Å². The van der Waals surface area contributed by atoms with Gasteiger partial charge in [0.05, 0.1) is 16.5 Å². The maximum Gasteiger partial charge on any atom is 0.338 e. The molecule has 0 radical (unpaired) electrons. The Hall–Kier alpha value is -2.70. The molecule has 0 unspecified atom stereocenters. The fourth-order valence-corrected chi connectivity index (χ4v) is 3.81. The van der Waals surface area contributed by atoms with Crippen LogP contribution in [-0.4, -0.2) is 46.0 Å². The van der Waals surface area contributed by atoms with Gasteiger partial charge in [-0.05, 0) is 43.9 Å². The van der Waals surface area contributed by atoms with Crippen LogP contribution in [0.1, 0.15) is 48.3 Å². The number of likely N-dealkylation sites (tertiary alicyclic amines) is 1. The third kappa shape index (κ3) is 3.59. The van der Waals surface area contributed by atoms with Gasteiger partial charge in [0.25, 0.3) is 11.5 Å². The largest absolute Gasteiger partial charge is 0.452 e. The number of esters is 1. The Morgan fingerprint density at radius 1 is 1.04 bits per heavy atom. The molecule has 1 aromatic carbocycles. The van der Waals surface area contributed by atoms with Gasteiger partial charge in [0.15, 0.2) is 6.61 Å². The van der Waals surface area contributed by atoms with Gasteiger partial charge in [0.1, 0.15) is 5.82 Å². The van der Waals surface area contributed by atoms with E-state index in [2.05, 4.69) is 4.98 Å². The van der Waals surface area contributed by atoms with Gasteiger partial charge in [0.2, 0.25) is 0 Å². The first kappa shape index (κ1) is 17.7. The highest BCUT2D eigenvalue weighted by atomic mass is 16.5. The van der Waals surface area contributed by atoms with Crippen molar-refractivity contribution in [2.45, 2.75) is 45.1 Å². The van der Waals surface area contributed by atoms with Gasteiger partial charge >= 0.3 is 5.97 Å². The summed E-state index contributed by atoms with van der Waals surface area (Å²) in [5.41, 5.74) is 0.761. The van der Waals surface area contributed by atoms with Crippen LogP contribution in [0.3, 0.4) is 0 Å². The van der Waals surface area contributed by atoms with Crippen LogP contribution in [0.25, 0.3) is 10.9 Å². The predicted octanol–water partition coefficient (Wildman–Crippen LogP) is 1.90. The number of ether oxygens (including phenoxy) is 1. The van der Waals surface area contributed by atoms with E-state index in [0.29, 0.717) is 23.0 Å². The summed E-state index contributed by atoms with van der Waals surface area (Å²) in [6.07, 6.45) is 5.84. The number of fused-ring (bicyclic) bond motifs is 2. The average Bonchev–Trinajstić information content (AvgIpc) is 3.12. The van der Waals surface area contributed by atoms with Crippen molar-refractivity contribution in [3.05, 3.63) is 39.9 Å². The highest BCUT2D eigenvalue weighted by molar-refractivity contribution is 5.95. The second-order valence-corrected chi connectivity index (χ2v) is 7.19. The summed E-state index contributed by atoms with van der Waals surface area (Å²) in [4.78, 5) is 43.4. The van der Waals surface area contributed by atoms with E-state index in [-0.39, 0.29) is 18.1 Å². The number of carbonyl (C=O) groups excluding carboxylic acids is 2. The number of aryl methyl sites for hydroxylation is 1. The summed E-state index contributed by atoms with van der Waals surface area (Å²) in [6.45, 7) is 1.90. The van der Waals surface area contributed by atoms with Gasteiger partial charge in [-0.1, -0.05) is 6.42 Å². The number of hydrogen-bond donors (Lipinski definition) is 0. The standard InChI is InChI=1S/C20H23N3O4/c24-18(22-9-4-5-10-22)13-27-20(26)14-7-8-15-16(12-14)21-17-6-2-1-3-11-23(17)19(15)25/h7-8,12H,1-6,9-11,13H2. The molecule has 1 aromatic heterocycles. The Morgan fingerprint density at radius 2 is 1.81 bits per heavy atom. The topological polar surface area (TPSA) is 81.5 Å². The smallest absolute Gasteiger partial charge is 0.338 e. The van der Waals surface area contributed by atoms with E-state index in [1.54, 1.807) is 27.7 Å². The zero-order chi connectivity index (χ0) is 18.8. The van der Waals surface area contributed by atoms with Gasteiger partial charge < -0.3 is 9.64 Å². The second-order valence-electron chi connectivity index (χ2n) is 7.19. The molecule has 0 aliphatic carbocycles. The first-order valence-electron chi connectivity index (χ1n) is 9.62. The van der Waals surface area contributed by atoms with Crippen LogP contribution in [0.15, 0.2) is 23.0 Å². The Kier molecular flexibility index (Phi) is 4.92. The predicted molar refractivity (Wildman–Crippen MR) is 99.7 cm³/mol. The van der Waals surface area contributed by atoms with E-state index in [1.807, 2.05) is 0 Å². The maximum atomic E-state index is 12.7. The van der Waals surface area contributed by atoms with E-state index in [4.69, 9.17) is 4.74 Å². The molecule has 2 aromatic rings. The summed E-state index contributed by atoms with van der Waals surface area (Å²) >= 11 is 0. The maximum absolute atomic E-state index is 12.7. The van der Waals surface area contributed by atoms with E-state index in [9.17, 15) is 14.4 Å². The van der Waals surface area contributed by atoms with E-state index in [1.165, 1.54) is 0 Å². The highest BCUT2D eigenvalue weighted by Gasteiger charge is 2.20. The zero-order valence-corrected chi connectivity index (χ0v) is 15.3. The normalized spacial score (nSPS) is 16.8. The summed E-state index contributed by atoms with van der Waals surface area (Å²) < 4.78 is 6.92. The molecular formula is C20H23N3O4. The lowest BCUT2D eigenvalue weighted by Crippen LogP contribution is -2.32. The van der Waals surface area contributed by atoms with Crippen molar-refractivity contribution in [2.75, 3.05) is 19.7 Å². The SMILES string of the molecule is O=C(OCC(=O)N1CCCC1)c1ccc2c(=O)n3c(nc2c1)CCCCC3. The summed E-state index contributed by atoms with van der Waals surface area (Å²) in [5.74, 6) is 0.0457. The molecule has 4 rings (SSSR count). The highest BCUT2D eigenvalue weighted by Crippen LogP contribution is 2.17. The lowest BCUT2D eigenvalue weighted by Gasteiger charge is -2.15. The molecule has 1 saturated heterocycles. The molecule has 0 spiro atoms. The van der Waals surface area contributed by atoms with Crippen LogP contribution in [-0.2, 0) is 22.5 Å². The Bertz CT molecular complexity index is 944. The van der Waals surface area contributed by atoms with E-state index < -0.39 is 5.97 Å². The molecule has 27 heavy (non-hydrogen) atoms. The summed E-state index contributed by atoms with van der Waals surface area (Å²) in [7, 11) is 0. The van der Waals surface area contributed by atoms with Crippen molar-refractivity contribution in [2.24, 2.45) is 0 Å². The second kappa shape index (κ2) is 7.50. The van der Waals surface area contributed by atoms with Crippen LogP contribution < -0.4 is 5.56 Å². The minimum atomic E-state index is -0.568. The number of rotatable bonds is 3. The van der Waals surface area contributed by atoms with Crippen molar-refractivity contribution in [3.8, 4) is 0 Å². The third-order valence-electron chi connectivity index (χ3n) is 5.34. The molecule has 0 atom stereocenters. The first-order valence-corrected chi connectivity index (χ1v) is 9.62. The number of amides is 1. The fourth-order valence-electron chi connectivity index (χ4n) is 3.81. The molecule has 0 saturated carbocycles. The molecule has 142 valence electrons. The van der Waals surface area contributed by atoms with Crippen molar-refractivity contribution in [1.29, 1.82) is 0 Å². The van der Waals surface area contributed by atoms with Crippen LogP contribution in [0.2, 0.25) is 0 Å². The number of carbonyl (C=O) groups is 2. The molecule has 1 fully saturated rings. The van der Waals surface area contributed by atoms with Crippen LogP contribution in [0.5, 0.6) is 0 Å². The average molecular weight is 369 g/mol. The number of aromatic nitrogens is 2.